The molecule has 43 heavy (non-hydrogen) atoms. The van der Waals surface area contributed by atoms with Crippen molar-refractivity contribution in [1.29, 1.82) is 0 Å². The van der Waals surface area contributed by atoms with Crippen molar-refractivity contribution < 1.29 is 29.3 Å². The molecule has 0 atom stereocenters. The van der Waals surface area contributed by atoms with Gasteiger partial charge in [-0.15, -0.1) is 0 Å². The first-order valence-electron chi connectivity index (χ1n) is 13.8. The molecule has 0 aliphatic rings. The van der Waals surface area contributed by atoms with Gasteiger partial charge in [0, 0.05) is 11.1 Å². The van der Waals surface area contributed by atoms with E-state index in [1.165, 1.54) is 0 Å². The van der Waals surface area contributed by atoms with E-state index in [9.17, 15) is 19.8 Å². The number of carbonyl (C=O) groups excluding carboxylic acids is 2. The van der Waals surface area contributed by atoms with Crippen LogP contribution in [0.15, 0.2) is 109 Å². The Kier molecular flexibility index (Phi) is 7.26. The molecular formula is C37H28O6. The van der Waals surface area contributed by atoms with Crippen molar-refractivity contribution in [3.8, 4) is 28.4 Å². The van der Waals surface area contributed by atoms with Crippen LogP contribution in [-0.4, -0.2) is 22.2 Å². The van der Waals surface area contributed by atoms with Crippen molar-refractivity contribution in [2.24, 2.45) is 0 Å². The van der Waals surface area contributed by atoms with Crippen molar-refractivity contribution in [1.82, 2.24) is 0 Å². The molecule has 6 nitrogen and oxygen atoms in total. The van der Waals surface area contributed by atoms with Crippen LogP contribution in [-0.2, 0) is 11.3 Å². The van der Waals surface area contributed by atoms with Gasteiger partial charge < -0.3 is 19.7 Å². The Hall–Kier alpha value is -5.62. The Balaban J connectivity index is 1.51. The van der Waals surface area contributed by atoms with Gasteiger partial charge in [-0.25, -0.2) is 9.59 Å². The number of carbonyl (C=O) groups is 2. The molecule has 6 heteroatoms. The van der Waals surface area contributed by atoms with Crippen LogP contribution < -0.4 is 4.74 Å². The van der Waals surface area contributed by atoms with Gasteiger partial charge in [-0.05, 0) is 64.7 Å². The van der Waals surface area contributed by atoms with Gasteiger partial charge in [-0.2, -0.15) is 0 Å². The number of benzene rings is 6. The van der Waals surface area contributed by atoms with Crippen LogP contribution in [0.25, 0.3) is 32.7 Å². The number of aromatic hydroxyl groups is 2. The summed E-state index contributed by atoms with van der Waals surface area (Å²) >= 11 is 0. The monoisotopic (exact) mass is 568 g/mol. The fraction of sp³-hybridized carbons (Fsp3) is 0.0811. The van der Waals surface area contributed by atoms with E-state index >= 15 is 0 Å². The summed E-state index contributed by atoms with van der Waals surface area (Å²) in [7, 11) is 0. The van der Waals surface area contributed by atoms with Crippen LogP contribution in [0.3, 0.4) is 0 Å². The lowest BCUT2D eigenvalue weighted by atomic mass is 9.89. The molecule has 0 spiro atoms. The number of phenols is 2. The minimum atomic E-state index is -0.753. The second kappa shape index (κ2) is 11.3. The third-order valence-corrected chi connectivity index (χ3v) is 7.52. The van der Waals surface area contributed by atoms with Crippen LogP contribution in [0.1, 0.15) is 37.4 Å². The van der Waals surface area contributed by atoms with Gasteiger partial charge in [-0.1, -0.05) is 96.6 Å². The standard InChI is InChI=1S/C37H28O6/c1-22-15-17-24(18-16-22)21-42-36(40)29-19-25-10-4-6-12-27(25)32(34(29)38)33-28-13-7-5-11-26(28)20-30(35(33)39)37(41)43-31-14-8-3-9-23(31)2/h3-20,38-39H,21H2,1-2H3. The first-order valence-corrected chi connectivity index (χ1v) is 13.8. The van der Waals surface area contributed by atoms with E-state index in [1.54, 1.807) is 48.5 Å². The number of hydrogen-bond acceptors (Lipinski definition) is 6. The zero-order valence-electron chi connectivity index (χ0n) is 23.6. The molecule has 0 radical (unpaired) electrons. The van der Waals surface area contributed by atoms with E-state index in [4.69, 9.17) is 9.47 Å². The number of rotatable bonds is 6. The highest BCUT2D eigenvalue weighted by atomic mass is 16.5. The smallest absolute Gasteiger partial charge is 0.347 e. The highest BCUT2D eigenvalue weighted by Crippen LogP contribution is 2.47. The maximum atomic E-state index is 13.5. The van der Waals surface area contributed by atoms with Crippen molar-refractivity contribution in [3.63, 3.8) is 0 Å². The van der Waals surface area contributed by atoms with Crippen molar-refractivity contribution in [3.05, 3.63) is 137 Å². The summed E-state index contributed by atoms with van der Waals surface area (Å²) < 4.78 is 11.3. The van der Waals surface area contributed by atoms with Crippen LogP contribution in [0, 0.1) is 13.8 Å². The van der Waals surface area contributed by atoms with Gasteiger partial charge in [0.25, 0.3) is 0 Å². The molecule has 0 aliphatic heterocycles. The van der Waals surface area contributed by atoms with Crippen LogP contribution in [0.2, 0.25) is 0 Å². The van der Waals surface area contributed by atoms with E-state index in [-0.39, 0.29) is 40.4 Å². The number of aryl methyl sites for hydroxylation is 2. The fourth-order valence-corrected chi connectivity index (χ4v) is 5.23. The van der Waals surface area contributed by atoms with Crippen LogP contribution >= 0.6 is 0 Å². The Morgan fingerprint density at radius 1 is 0.628 bits per heavy atom. The molecule has 0 heterocycles. The molecule has 0 bridgehead atoms. The average Bonchev–Trinajstić information content (AvgIpc) is 3.02. The van der Waals surface area contributed by atoms with E-state index in [0.29, 0.717) is 27.3 Å². The Labute approximate surface area is 248 Å². The lowest BCUT2D eigenvalue weighted by Gasteiger charge is -2.18. The van der Waals surface area contributed by atoms with E-state index < -0.39 is 11.9 Å². The molecule has 0 fully saturated rings. The van der Waals surface area contributed by atoms with Gasteiger partial charge in [0.1, 0.15) is 35.0 Å². The molecule has 2 N–H and O–H groups in total. The number of esters is 2. The molecule has 6 rings (SSSR count). The number of phenolic OH excluding ortho intramolecular Hbond substituents is 2. The van der Waals surface area contributed by atoms with Crippen molar-refractivity contribution in [2.45, 2.75) is 20.5 Å². The Morgan fingerprint density at radius 2 is 1.14 bits per heavy atom. The van der Waals surface area contributed by atoms with E-state index in [0.717, 1.165) is 16.7 Å². The fourth-order valence-electron chi connectivity index (χ4n) is 5.23. The summed E-state index contributed by atoms with van der Waals surface area (Å²) in [6.07, 6.45) is 0. The maximum Gasteiger partial charge on any atom is 0.347 e. The lowest BCUT2D eigenvalue weighted by Crippen LogP contribution is -2.10. The number of ether oxygens (including phenoxy) is 2. The zero-order chi connectivity index (χ0) is 30.1. The second-order valence-corrected chi connectivity index (χ2v) is 10.5. The number of fused-ring (bicyclic) bond motifs is 2. The second-order valence-electron chi connectivity index (χ2n) is 10.5. The topological polar surface area (TPSA) is 93.1 Å². The molecular weight excluding hydrogens is 540 g/mol. The van der Waals surface area contributed by atoms with Gasteiger partial charge in [0.15, 0.2) is 0 Å². The highest BCUT2D eigenvalue weighted by molar-refractivity contribution is 6.15. The lowest BCUT2D eigenvalue weighted by molar-refractivity contribution is 0.0469. The van der Waals surface area contributed by atoms with E-state index in [1.807, 2.05) is 74.5 Å². The zero-order valence-corrected chi connectivity index (χ0v) is 23.6. The third kappa shape index (κ3) is 5.26. The molecule has 0 aromatic heterocycles. The largest absolute Gasteiger partial charge is 0.506 e. The van der Waals surface area contributed by atoms with Gasteiger partial charge >= 0.3 is 11.9 Å². The van der Waals surface area contributed by atoms with Crippen LogP contribution in [0.5, 0.6) is 17.2 Å². The van der Waals surface area contributed by atoms with Crippen LogP contribution in [0.4, 0.5) is 0 Å². The summed E-state index contributed by atoms with van der Waals surface area (Å²) in [5.41, 5.74) is 2.94. The predicted molar refractivity (Wildman–Crippen MR) is 167 cm³/mol. The van der Waals surface area contributed by atoms with E-state index in [2.05, 4.69) is 0 Å². The number of para-hydroxylation sites is 1. The predicted octanol–water partition coefficient (Wildman–Crippen LogP) is 8.26. The van der Waals surface area contributed by atoms with Crippen molar-refractivity contribution in [2.75, 3.05) is 0 Å². The minimum Gasteiger partial charge on any atom is -0.506 e. The SMILES string of the molecule is Cc1ccc(COC(=O)c2cc3ccccc3c(-c3c(O)c(C(=O)Oc4ccccc4C)cc4ccccc34)c2O)cc1. The molecule has 0 saturated carbocycles. The quantitative estimate of drug-likeness (QED) is 0.155. The minimum absolute atomic E-state index is 0.0229. The first-order chi connectivity index (χ1) is 20.8. The summed E-state index contributed by atoms with van der Waals surface area (Å²) in [5.74, 6) is -1.84. The molecule has 0 unspecified atom stereocenters. The normalized spacial score (nSPS) is 11.0. The van der Waals surface area contributed by atoms with Gasteiger partial charge in [0.2, 0.25) is 0 Å². The molecule has 0 saturated heterocycles. The van der Waals surface area contributed by atoms with Gasteiger partial charge in [0.05, 0.1) is 0 Å². The Morgan fingerprint density at radius 3 is 1.72 bits per heavy atom. The number of hydrogen-bond donors (Lipinski definition) is 2. The molecule has 6 aromatic carbocycles. The molecule has 6 aromatic rings. The molecule has 0 amide bonds. The summed E-state index contributed by atoms with van der Waals surface area (Å²) in [4.78, 5) is 26.8. The summed E-state index contributed by atoms with van der Waals surface area (Å²) in [6, 6.07) is 32.3. The molecule has 212 valence electrons. The third-order valence-electron chi connectivity index (χ3n) is 7.52. The van der Waals surface area contributed by atoms with Crippen molar-refractivity contribution >= 4 is 33.5 Å². The average molecular weight is 569 g/mol. The highest BCUT2D eigenvalue weighted by Gasteiger charge is 2.27. The maximum absolute atomic E-state index is 13.5. The summed E-state index contributed by atoms with van der Waals surface area (Å²) in [5, 5.41) is 25.9. The first kappa shape index (κ1) is 27.5. The van der Waals surface area contributed by atoms with Gasteiger partial charge in [-0.3, -0.25) is 0 Å². The Bertz CT molecular complexity index is 2020. The molecule has 0 aliphatic carbocycles. The summed E-state index contributed by atoms with van der Waals surface area (Å²) in [6.45, 7) is 3.82.